The Balaban J connectivity index is 1.52. The van der Waals surface area contributed by atoms with E-state index >= 15 is 0 Å². The second-order valence-electron chi connectivity index (χ2n) is 6.94. The van der Waals surface area contributed by atoms with E-state index in [0.29, 0.717) is 6.54 Å². The second-order valence-corrected chi connectivity index (χ2v) is 6.94. The summed E-state index contributed by atoms with van der Waals surface area (Å²) in [5.74, 6) is -0.387. The van der Waals surface area contributed by atoms with E-state index in [9.17, 15) is 9.59 Å². The van der Waals surface area contributed by atoms with Crippen LogP contribution in [0, 0.1) is 0 Å². The Bertz CT molecular complexity index is 1240. The number of aromatic nitrogens is 3. The van der Waals surface area contributed by atoms with Crippen molar-refractivity contribution in [1.29, 1.82) is 0 Å². The van der Waals surface area contributed by atoms with Crippen molar-refractivity contribution >= 4 is 12.1 Å². The maximum atomic E-state index is 12.2. The number of rotatable bonds is 7. The molecule has 0 atom stereocenters. The fourth-order valence-corrected chi connectivity index (χ4v) is 3.16. The van der Waals surface area contributed by atoms with Gasteiger partial charge in [-0.1, -0.05) is 66.7 Å². The van der Waals surface area contributed by atoms with Gasteiger partial charge in [0.2, 0.25) is 0 Å². The summed E-state index contributed by atoms with van der Waals surface area (Å²) >= 11 is 0. The highest BCUT2D eigenvalue weighted by Gasteiger charge is 2.10. The lowest BCUT2D eigenvalue weighted by Crippen LogP contribution is -2.28. The number of pyridine rings is 1. The molecule has 0 unspecified atom stereocenters. The Kier molecular flexibility index (Phi) is 6.13. The molecule has 1 N–H and O–H groups in total. The van der Waals surface area contributed by atoms with Gasteiger partial charge >= 0.3 is 0 Å². The highest BCUT2D eigenvalue weighted by Crippen LogP contribution is 2.21. The first kappa shape index (κ1) is 20.0. The number of hydrogen-bond donors (Lipinski definition) is 1. The molecule has 154 valence electrons. The molecule has 0 saturated carbocycles. The van der Waals surface area contributed by atoms with E-state index in [4.69, 9.17) is 5.10 Å². The zero-order valence-electron chi connectivity index (χ0n) is 16.8. The summed E-state index contributed by atoms with van der Waals surface area (Å²) in [6.07, 6.45) is 5.03. The van der Waals surface area contributed by atoms with Crippen molar-refractivity contribution in [2.45, 2.75) is 13.1 Å². The maximum absolute atomic E-state index is 12.2. The van der Waals surface area contributed by atoms with Gasteiger partial charge in [-0.15, -0.1) is 0 Å². The van der Waals surface area contributed by atoms with E-state index in [-0.39, 0.29) is 18.0 Å². The molecule has 0 aliphatic heterocycles. The van der Waals surface area contributed by atoms with Gasteiger partial charge in [0.1, 0.15) is 12.2 Å². The third-order valence-electron chi connectivity index (χ3n) is 4.63. The van der Waals surface area contributed by atoms with Gasteiger partial charge in [-0.05, 0) is 11.6 Å². The van der Waals surface area contributed by atoms with Crippen molar-refractivity contribution in [2.24, 2.45) is 5.10 Å². The topological polar surface area (TPSA) is 81.3 Å². The first-order valence-electron chi connectivity index (χ1n) is 9.83. The summed E-state index contributed by atoms with van der Waals surface area (Å²) in [4.78, 5) is 23.9. The molecule has 31 heavy (non-hydrogen) atoms. The summed E-state index contributed by atoms with van der Waals surface area (Å²) in [5, 5.41) is 8.80. The van der Waals surface area contributed by atoms with Crippen molar-refractivity contribution < 1.29 is 4.79 Å². The van der Waals surface area contributed by atoms with Crippen LogP contribution >= 0.6 is 0 Å². The minimum atomic E-state index is -0.387. The van der Waals surface area contributed by atoms with Crippen molar-refractivity contribution in [3.63, 3.8) is 0 Å². The third kappa shape index (κ3) is 5.22. The van der Waals surface area contributed by atoms with Gasteiger partial charge in [0, 0.05) is 29.6 Å². The van der Waals surface area contributed by atoms with Crippen LogP contribution in [0.3, 0.4) is 0 Å². The Labute approximate surface area is 179 Å². The molecule has 2 aromatic carbocycles. The number of nitrogens with zero attached hydrogens (tertiary/aromatic N) is 4. The Morgan fingerprint density at radius 3 is 2.42 bits per heavy atom. The Morgan fingerprint density at radius 2 is 1.68 bits per heavy atom. The fraction of sp³-hybridized carbons (Fsp3) is 0.0833. The molecular weight excluding hydrogens is 390 g/mol. The largest absolute Gasteiger partial charge is 0.306 e. The Hall–Kier alpha value is -4.26. The van der Waals surface area contributed by atoms with Gasteiger partial charge < -0.3 is 4.57 Å². The van der Waals surface area contributed by atoms with Crippen LogP contribution < -0.4 is 11.0 Å². The SMILES string of the molecule is O=C(Cn1ccccc1=O)N/N=C\c1cn(Cc2ccccc2)nc1-c1ccccc1. The van der Waals surface area contributed by atoms with E-state index in [1.54, 1.807) is 24.5 Å². The predicted molar refractivity (Wildman–Crippen MR) is 120 cm³/mol. The third-order valence-corrected chi connectivity index (χ3v) is 4.63. The molecule has 2 heterocycles. The lowest BCUT2D eigenvalue weighted by Gasteiger charge is -2.03. The second kappa shape index (κ2) is 9.49. The van der Waals surface area contributed by atoms with Crippen molar-refractivity contribution in [3.8, 4) is 11.3 Å². The zero-order valence-corrected chi connectivity index (χ0v) is 16.8. The molecule has 2 aromatic heterocycles. The van der Waals surface area contributed by atoms with Crippen molar-refractivity contribution in [2.75, 3.05) is 0 Å². The molecule has 7 nitrogen and oxygen atoms in total. The molecule has 7 heteroatoms. The predicted octanol–water partition coefficient (Wildman–Crippen LogP) is 2.91. The van der Waals surface area contributed by atoms with Crippen LogP contribution in [0.25, 0.3) is 11.3 Å². The summed E-state index contributed by atoms with van der Waals surface area (Å²) in [5.41, 5.74) is 5.88. The van der Waals surface area contributed by atoms with Crippen LogP contribution in [0.5, 0.6) is 0 Å². The molecule has 0 aliphatic carbocycles. The number of carbonyl (C=O) groups excluding carboxylic acids is 1. The van der Waals surface area contributed by atoms with Gasteiger partial charge in [-0.2, -0.15) is 10.2 Å². The summed E-state index contributed by atoms with van der Waals surface area (Å²) in [6.45, 7) is 0.521. The first-order valence-corrected chi connectivity index (χ1v) is 9.83. The number of carbonyl (C=O) groups is 1. The monoisotopic (exact) mass is 411 g/mol. The van der Waals surface area contributed by atoms with E-state index in [0.717, 1.165) is 22.4 Å². The highest BCUT2D eigenvalue weighted by molar-refractivity contribution is 5.89. The number of hydrazone groups is 1. The Morgan fingerprint density at radius 1 is 0.968 bits per heavy atom. The van der Waals surface area contributed by atoms with E-state index in [1.807, 2.05) is 71.5 Å². The fourth-order valence-electron chi connectivity index (χ4n) is 3.16. The molecule has 0 bridgehead atoms. The molecule has 0 saturated heterocycles. The summed E-state index contributed by atoms with van der Waals surface area (Å²) < 4.78 is 3.17. The average molecular weight is 411 g/mol. The number of hydrogen-bond acceptors (Lipinski definition) is 4. The van der Waals surface area contributed by atoms with Gasteiger partial charge in [0.15, 0.2) is 0 Å². The van der Waals surface area contributed by atoms with Gasteiger partial charge in [0.05, 0.1) is 12.8 Å². The van der Waals surface area contributed by atoms with Crippen LogP contribution in [-0.4, -0.2) is 26.5 Å². The van der Waals surface area contributed by atoms with Gasteiger partial charge in [0.25, 0.3) is 11.5 Å². The van der Waals surface area contributed by atoms with Gasteiger partial charge in [-0.25, -0.2) is 5.43 Å². The maximum Gasteiger partial charge on any atom is 0.260 e. The first-order chi connectivity index (χ1) is 15.2. The van der Waals surface area contributed by atoms with Crippen molar-refractivity contribution in [1.82, 2.24) is 19.8 Å². The molecule has 0 radical (unpaired) electrons. The van der Waals surface area contributed by atoms with Crippen LogP contribution in [-0.2, 0) is 17.9 Å². The smallest absolute Gasteiger partial charge is 0.260 e. The molecule has 0 spiro atoms. The minimum absolute atomic E-state index is 0.101. The highest BCUT2D eigenvalue weighted by atomic mass is 16.2. The zero-order chi connectivity index (χ0) is 21.5. The number of benzene rings is 2. The quantitative estimate of drug-likeness (QED) is 0.375. The van der Waals surface area contributed by atoms with Crippen molar-refractivity contribution in [3.05, 3.63) is 113 Å². The number of nitrogens with one attached hydrogen (secondary N) is 1. The standard InChI is InChI=1S/C24H21N5O2/c30-22(18-28-14-8-7-13-23(28)31)26-25-15-21-17-29(16-19-9-3-1-4-10-19)27-24(21)20-11-5-2-6-12-20/h1-15,17H,16,18H2,(H,26,30)/b25-15-. The van der Waals surface area contributed by atoms with Gasteiger partial charge in [-0.3, -0.25) is 14.3 Å². The molecule has 4 rings (SSSR count). The minimum Gasteiger partial charge on any atom is -0.306 e. The van der Waals surface area contributed by atoms with Crippen LogP contribution in [0.4, 0.5) is 0 Å². The molecule has 4 aromatic rings. The van der Waals surface area contributed by atoms with E-state index in [2.05, 4.69) is 10.5 Å². The lowest BCUT2D eigenvalue weighted by atomic mass is 10.1. The average Bonchev–Trinajstić information content (AvgIpc) is 3.19. The normalized spacial score (nSPS) is 11.0. The van der Waals surface area contributed by atoms with E-state index < -0.39 is 0 Å². The van der Waals surface area contributed by atoms with Crippen LogP contribution in [0.1, 0.15) is 11.1 Å². The molecular formula is C24H21N5O2. The number of amides is 1. The summed E-state index contributed by atoms with van der Waals surface area (Å²) in [6, 6.07) is 24.6. The molecule has 1 amide bonds. The van der Waals surface area contributed by atoms with E-state index in [1.165, 1.54) is 10.6 Å². The van der Waals surface area contributed by atoms with Crippen LogP contribution in [0.15, 0.2) is 101 Å². The summed E-state index contributed by atoms with van der Waals surface area (Å²) in [7, 11) is 0. The molecule has 0 aliphatic rings. The molecule has 0 fully saturated rings. The lowest BCUT2D eigenvalue weighted by molar-refractivity contribution is -0.121. The van der Waals surface area contributed by atoms with Crippen LogP contribution in [0.2, 0.25) is 0 Å².